The van der Waals surface area contributed by atoms with Crippen LogP contribution in [0.1, 0.15) is 76.3 Å². The van der Waals surface area contributed by atoms with Crippen molar-refractivity contribution in [3.05, 3.63) is 35.7 Å². The first-order chi connectivity index (χ1) is 17.1. The Morgan fingerprint density at radius 2 is 1.75 bits per heavy atom. The summed E-state index contributed by atoms with van der Waals surface area (Å²) in [6.45, 7) is 7.61. The number of nitrogens with zero attached hydrogens (tertiary/aromatic N) is 5. The van der Waals surface area contributed by atoms with Crippen molar-refractivity contribution in [1.29, 1.82) is 0 Å². The van der Waals surface area contributed by atoms with Crippen LogP contribution in [0.15, 0.2) is 12.4 Å². The van der Waals surface area contributed by atoms with Crippen LogP contribution in [-0.2, 0) is 34.5 Å². The minimum absolute atomic E-state index is 0.0697. The van der Waals surface area contributed by atoms with Gasteiger partial charge in [0.25, 0.3) is 0 Å². The Morgan fingerprint density at radius 1 is 1.11 bits per heavy atom. The second-order valence-corrected chi connectivity index (χ2v) is 11.7. The van der Waals surface area contributed by atoms with E-state index in [1.165, 1.54) is 6.92 Å². The van der Waals surface area contributed by atoms with E-state index in [0.29, 0.717) is 5.82 Å². The van der Waals surface area contributed by atoms with E-state index in [2.05, 4.69) is 20.2 Å². The van der Waals surface area contributed by atoms with Crippen molar-refractivity contribution in [1.82, 2.24) is 24.7 Å². The van der Waals surface area contributed by atoms with Gasteiger partial charge in [0.15, 0.2) is 27.3 Å². The molecule has 0 unspecified atom stereocenters. The third-order valence-electron chi connectivity index (χ3n) is 6.03. The molecule has 36 heavy (non-hydrogen) atoms. The third kappa shape index (κ3) is 6.82. The van der Waals surface area contributed by atoms with Crippen LogP contribution in [0.5, 0.6) is 0 Å². The summed E-state index contributed by atoms with van der Waals surface area (Å²) in [5.74, 6) is -0.139. The molecule has 13 heteroatoms. The second kappa shape index (κ2) is 12.5. The zero-order chi connectivity index (χ0) is 26.5. The van der Waals surface area contributed by atoms with E-state index in [4.69, 9.17) is 18.9 Å². The number of rotatable bonds is 13. The van der Waals surface area contributed by atoms with Gasteiger partial charge >= 0.3 is 0 Å². The van der Waals surface area contributed by atoms with E-state index < -0.39 is 32.8 Å². The molecule has 2 aromatic heterocycles. The SMILES string of the molecule is COCC(COC)n1c(CS(=O)(=O)[C@@H](C)[C@@H](OC(C)C)c2ncc(F)cn2)nnc1[C@H]1CC[C@@H](C)O1. The summed E-state index contributed by atoms with van der Waals surface area (Å²) >= 11 is 0. The zero-order valence-electron chi connectivity index (χ0n) is 21.6. The summed E-state index contributed by atoms with van der Waals surface area (Å²) in [7, 11) is -0.737. The first-order valence-electron chi connectivity index (χ1n) is 12.0. The first-order valence-corrected chi connectivity index (χ1v) is 13.7. The number of hydrogen-bond acceptors (Lipinski definition) is 10. The van der Waals surface area contributed by atoms with Gasteiger partial charge in [-0.25, -0.2) is 22.8 Å². The average molecular weight is 530 g/mol. The molecule has 3 rings (SSSR count). The van der Waals surface area contributed by atoms with Crippen LogP contribution in [0, 0.1) is 5.82 Å². The smallest absolute Gasteiger partial charge is 0.163 e. The number of ether oxygens (including phenoxy) is 4. The van der Waals surface area contributed by atoms with Crippen molar-refractivity contribution < 1.29 is 31.8 Å². The molecule has 1 fully saturated rings. The summed E-state index contributed by atoms with van der Waals surface area (Å²) in [4.78, 5) is 7.95. The minimum atomic E-state index is -3.87. The van der Waals surface area contributed by atoms with E-state index in [1.54, 1.807) is 32.6 Å². The number of hydrogen-bond donors (Lipinski definition) is 0. The van der Waals surface area contributed by atoms with Crippen LogP contribution in [-0.4, -0.2) is 78.0 Å². The number of aromatic nitrogens is 5. The summed E-state index contributed by atoms with van der Waals surface area (Å²) in [6.07, 6.45) is 2.05. The molecule has 0 aliphatic carbocycles. The molecule has 0 radical (unpaired) electrons. The molecule has 1 aliphatic heterocycles. The lowest BCUT2D eigenvalue weighted by Gasteiger charge is -2.26. The Bertz CT molecular complexity index is 1080. The van der Waals surface area contributed by atoms with Gasteiger partial charge in [-0.3, -0.25) is 0 Å². The largest absolute Gasteiger partial charge is 0.382 e. The van der Waals surface area contributed by atoms with Gasteiger partial charge < -0.3 is 23.5 Å². The molecular weight excluding hydrogens is 493 g/mol. The average Bonchev–Trinajstić information content (AvgIpc) is 3.43. The van der Waals surface area contributed by atoms with Crippen molar-refractivity contribution in [2.45, 2.75) is 82.0 Å². The van der Waals surface area contributed by atoms with E-state index in [0.717, 1.165) is 25.2 Å². The van der Waals surface area contributed by atoms with Crippen LogP contribution >= 0.6 is 0 Å². The highest BCUT2D eigenvalue weighted by Crippen LogP contribution is 2.34. The summed E-state index contributed by atoms with van der Waals surface area (Å²) in [5, 5.41) is 7.55. The number of methoxy groups -OCH3 is 2. The van der Waals surface area contributed by atoms with Gasteiger partial charge in [0.05, 0.1) is 49.1 Å². The molecule has 1 saturated heterocycles. The minimum Gasteiger partial charge on any atom is -0.382 e. The highest BCUT2D eigenvalue weighted by Gasteiger charge is 2.37. The van der Waals surface area contributed by atoms with Crippen molar-refractivity contribution >= 4 is 9.84 Å². The van der Waals surface area contributed by atoms with Crippen LogP contribution < -0.4 is 0 Å². The molecule has 0 N–H and O–H groups in total. The van der Waals surface area contributed by atoms with Crippen LogP contribution in [0.3, 0.4) is 0 Å². The quantitative estimate of drug-likeness (QED) is 0.382. The molecule has 0 bridgehead atoms. The first kappa shape index (κ1) is 28.5. The highest BCUT2D eigenvalue weighted by atomic mass is 32.2. The van der Waals surface area contributed by atoms with Gasteiger partial charge in [-0.2, -0.15) is 0 Å². The standard InChI is InChI=1S/C23H36FN5O6S/c1-14(2)34-21(22-25-9-17(24)10-26-22)16(4)36(30,31)13-20-27-28-23(19-8-7-15(3)35-19)29(20)18(11-32-5)12-33-6/h9-10,14-16,18-19,21H,7-8,11-13H2,1-6H3/t15-,16+,19-,21-/m1/s1. The molecule has 2 aromatic rings. The molecular formula is C23H36FN5O6S. The molecule has 11 nitrogen and oxygen atoms in total. The summed E-state index contributed by atoms with van der Waals surface area (Å²) in [5.41, 5.74) is 0. The number of halogens is 1. The Kier molecular flexibility index (Phi) is 9.86. The Morgan fingerprint density at radius 3 is 2.28 bits per heavy atom. The highest BCUT2D eigenvalue weighted by molar-refractivity contribution is 7.91. The molecule has 0 amide bonds. The van der Waals surface area contributed by atoms with Crippen LogP contribution in [0.2, 0.25) is 0 Å². The molecule has 4 atom stereocenters. The molecule has 0 aromatic carbocycles. The fraction of sp³-hybridized carbons (Fsp3) is 0.739. The van der Waals surface area contributed by atoms with Crippen molar-refractivity contribution in [3.63, 3.8) is 0 Å². The van der Waals surface area contributed by atoms with Crippen LogP contribution in [0.25, 0.3) is 0 Å². The lowest BCUT2D eigenvalue weighted by atomic mass is 10.2. The molecule has 0 spiro atoms. The predicted octanol–water partition coefficient (Wildman–Crippen LogP) is 2.75. The van der Waals surface area contributed by atoms with Crippen molar-refractivity contribution in [2.75, 3.05) is 27.4 Å². The Balaban J connectivity index is 1.97. The Labute approximate surface area is 211 Å². The lowest BCUT2D eigenvalue weighted by molar-refractivity contribution is 0.00131. The maximum Gasteiger partial charge on any atom is 0.163 e. The molecule has 0 saturated carbocycles. The van der Waals surface area contributed by atoms with Gasteiger partial charge in [0, 0.05) is 14.2 Å². The van der Waals surface area contributed by atoms with Gasteiger partial charge in [-0.15, -0.1) is 10.2 Å². The fourth-order valence-electron chi connectivity index (χ4n) is 4.27. The second-order valence-electron chi connectivity index (χ2n) is 9.30. The van der Waals surface area contributed by atoms with Crippen LogP contribution in [0.4, 0.5) is 4.39 Å². The topological polar surface area (TPSA) is 128 Å². The van der Waals surface area contributed by atoms with Crippen molar-refractivity contribution in [2.24, 2.45) is 0 Å². The normalized spacial score (nSPS) is 20.4. The Hall–Kier alpha value is -2.06. The molecule has 1 aliphatic rings. The van der Waals surface area contributed by atoms with E-state index in [9.17, 15) is 12.8 Å². The third-order valence-corrected chi connectivity index (χ3v) is 8.07. The van der Waals surface area contributed by atoms with E-state index >= 15 is 0 Å². The van der Waals surface area contributed by atoms with Gasteiger partial charge in [0.2, 0.25) is 0 Å². The molecule has 202 valence electrons. The maximum atomic E-state index is 13.7. The monoisotopic (exact) mass is 529 g/mol. The molecule has 3 heterocycles. The summed E-state index contributed by atoms with van der Waals surface area (Å²) < 4.78 is 65.2. The van der Waals surface area contributed by atoms with E-state index in [-0.39, 0.29) is 49.2 Å². The van der Waals surface area contributed by atoms with Crippen molar-refractivity contribution in [3.8, 4) is 0 Å². The maximum absolute atomic E-state index is 13.7. The predicted molar refractivity (Wildman–Crippen MR) is 128 cm³/mol. The zero-order valence-corrected chi connectivity index (χ0v) is 22.4. The number of sulfone groups is 1. The van der Waals surface area contributed by atoms with E-state index in [1.807, 2.05) is 6.92 Å². The van der Waals surface area contributed by atoms with Gasteiger partial charge in [0.1, 0.15) is 23.8 Å². The van der Waals surface area contributed by atoms with Gasteiger partial charge in [-0.05, 0) is 40.5 Å². The lowest BCUT2D eigenvalue weighted by Crippen LogP contribution is -2.33. The summed E-state index contributed by atoms with van der Waals surface area (Å²) in [6, 6.07) is -0.354. The van der Waals surface area contributed by atoms with Gasteiger partial charge in [-0.1, -0.05) is 0 Å². The fourth-order valence-corrected chi connectivity index (χ4v) is 5.65.